The van der Waals surface area contributed by atoms with Crippen molar-refractivity contribution in [2.75, 3.05) is 0 Å². The van der Waals surface area contributed by atoms with E-state index in [0.29, 0.717) is 5.75 Å². The molecule has 0 heterocycles. The summed E-state index contributed by atoms with van der Waals surface area (Å²) in [5.74, 6) is 0.774. The molecule has 122 valence electrons. The van der Waals surface area contributed by atoms with Crippen LogP contribution in [0.15, 0.2) is 60.7 Å². The lowest BCUT2D eigenvalue weighted by molar-refractivity contribution is -0.139. The van der Waals surface area contributed by atoms with E-state index >= 15 is 0 Å². The Morgan fingerprint density at radius 1 is 1.04 bits per heavy atom. The Bertz CT molecular complexity index is 612. The fourth-order valence-corrected chi connectivity index (χ4v) is 4.73. The third kappa shape index (κ3) is 4.11. The molecule has 0 fully saturated rings. The Balaban J connectivity index is 2.31. The predicted octanol–water partition coefficient (Wildman–Crippen LogP) is 4.11. The van der Waals surface area contributed by atoms with E-state index in [1.807, 2.05) is 36.4 Å². The van der Waals surface area contributed by atoms with Gasteiger partial charge >= 0.3 is 5.97 Å². The predicted molar refractivity (Wildman–Crippen MR) is 99.1 cm³/mol. The van der Waals surface area contributed by atoms with Crippen molar-refractivity contribution in [1.29, 1.82) is 0 Å². The van der Waals surface area contributed by atoms with Crippen LogP contribution in [0.4, 0.5) is 0 Å². The summed E-state index contributed by atoms with van der Waals surface area (Å²) >= 11 is 0. The number of esters is 1. The summed E-state index contributed by atoms with van der Waals surface area (Å²) in [6.07, 6.45) is 2.80. The average molecular weight is 327 g/mol. The van der Waals surface area contributed by atoms with Gasteiger partial charge in [0.1, 0.15) is 5.75 Å². The van der Waals surface area contributed by atoms with E-state index in [9.17, 15) is 4.79 Å². The van der Waals surface area contributed by atoms with E-state index in [2.05, 4.69) is 38.1 Å². The van der Waals surface area contributed by atoms with Crippen LogP contribution in [0.25, 0.3) is 0 Å². The lowest BCUT2D eigenvalue weighted by Crippen LogP contribution is -2.34. The summed E-state index contributed by atoms with van der Waals surface area (Å²) in [7, 11) is 0.776. The Morgan fingerprint density at radius 2 is 1.61 bits per heavy atom. The highest BCUT2D eigenvalue weighted by Crippen LogP contribution is 2.47. The number of hydrogen-bond acceptors (Lipinski definition) is 2. The van der Waals surface area contributed by atoms with E-state index in [0.717, 1.165) is 29.5 Å². The van der Waals surface area contributed by atoms with E-state index < -0.39 is 0 Å². The summed E-state index contributed by atoms with van der Waals surface area (Å²) in [6, 6.07) is 19.8. The minimum Gasteiger partial charge on any atom is -0.426 e. The highest BCUT2D eigenvalue weighted by Gasteiger charge is 2.41. The zero-order chi connectivity index (χ0) is 16.7. The summed E-state index contributed by atoms with van der Waals surface area (Å²) in [5.41, 5.74) is 1.24. The third-order valence-corrected chi connectivity index (χ3v) is 6.17. The number of hydrogen-bond donors (Lipinski definition) is 0. The topological polar surface area (TPSA) is 26.3 Å². The van der Waals surface area contributed by atoms with Gasteiger partial charge < -0.3 is 4.74 Å². The van der Waals surface area contributed by atoms with Crippen molar-refractivity contribution in [1.82, 2.24) is 0 Å². The first-order valence-electron chi connectivity index (χ1n) is 8.44. The second kappa shape index (κ2) is 8.11. The molecular weight excluding hydrogens is 300 g/mol. The molecule has 0 N–H and O–H groups in total. The molecule has 2 rings (SSSR count). The van der Waals surface area contributed by atoms with Crippen molar-refractivity contribution in [3.63, 3.8) is 0 Å². The molecule has 0 spiro atoms. The van der Waals surface area contributed by atoms with Crippen LogP contribution in [0.1, 0.15) is 44.6 Å². The lowest BCUT2D eigenvalue weighted by atomic mass is 9.80. The van der Waals surface area contributed by atoms with Gasteiger partial charge in [-0.25, -0.2) is 0 Å². The largest absolute Gasteiger partial charge is 0.426 e. The van der Waals surface area contributed by atoms with Crippen molar-refractivity contribution in [2.24, 2.45) is 0 Å². The molecule has 0 saturated heterocycles. The van der Waals surface area contributed by atoms with Crippen LogP contribution in [-0.4, -0.2) is 16.2 Å². The molecule has 2 unspecified atom stereocenters. The fourth-order valence-electron chi connectivity index (χ4n) is 3.39. The van der Waals surface area contributed by atoms with Crippen LogP contribution in [0.2, 0.25) is 5.04 Å². The quantitative estimate of drug-likeness (QED) is 0.435. The van der Waals surface area contributed by atoms with Gasteiger partial charge in [-0.1, -0.05) is 68.8 Å². The maximum absolute atomic E-state index is 13.0. The maximum Gasteiger partial charge on any atom is 0.314 e. The highest BCUT2D eigenvalue weighted by molar-refractivity contribution is 6.28. The smallest absolute Gasteiger partial charge is 0.314 e. The molecule has 0 radical (unpaired) electrons. The van der Waals surface area contributed by atoms with E-state index in [1.54, 1.807) is 0 Å². The molecule has 0 aliphatic carbocycles. The molecule has 2 atom stereocenters. The zero-order valence-corrected chi connectivity index (χ0v) is 16.3. The monoisotopic (exact) mass is 326 g/mol. The SMILES string of the molecule is CCCC([SiH3])(C(=O)Oc1ccccc1)C(CC)c1ccccc1. The van der Waals surface area contributed by atoms with Gasteiger partial charge in [0.25, 0.3) is 0 Å². The summed E-state index contributed by atoms with van der Waals surface area (Å²) < 4.78 is 5.73. The van der Waals surface area contributed by atoms with Gasteiger partial charge in [-0.15, -0.1) is 0 Å². The normalized spacial score (nSPS) is 14.9. The number of benzene rings is 2. The van der Waals surface area contributed by atoms with Gasteiger partial charge in [-0.3, -0.25) is 4.79 Å². The summed E-state index contributed by atoms with van der Waals surface area (Å²) in [4.78, 5) is 13.0. The number of ether oxygens (including phenoxy) is 1. The van der Waals surface area contributed by atoms with Gasteiger partial charge in [0, 0.05) is 10.2 Å². The summed E-state index contributed by atoms with van der Waals surface area (Å²) in [6.45, 7) is 4.30. The second-order valence-electron chi connectivity index (χ2n) is 6.24. The average Bonchev–Trinajstić information content (AvgIpc) is 2.57. The van der Waals surface area contributed by atoms with Crippen molar-refractivity contribution < 1.29 is 9.53 Å². The van der Waals surface area contributed by atoms with Crippen LogP contribution in [0, 0.1) is 0 Å². The van der Waals surface area contributed by atoms with Crippen molar-refractivity contribution in [3.8, 4) is 5.75 Å². The Kier molecular flexibility index (Phi) is 6.17. The van der Waals surface area contributed by atoms with E-state index in [1.165, 1.54) is 5.56 Å². The third-order valence-electron chi connectivity index (χ3n) is 4.57. The number of carbonyl (C=O) groups excluding carboxylic acids is 1. The summed E-state index contributed by atoms with van der Waals surface area (Å²) in [5, 5.41) is -0.388. The lowest BCUT2D eigenvalue weighted by Gasteiger charge is -2.35. The number of rotatable bonds is 7. The molecule has 2 aromatic carbocycles. The second-order valence-corrected chi connectivity index (χ2v) is 8.03. The molecular formula is C20H26O2Si. The maximum atomic E-state index is 13.0. The minimum atomic E-state index is -0.388. The zero-order valence-electron chi connectivity index (χ0n) is 14.3. The molecule has 0 bridgehead atoms. The first kappa shape index (κ1) is 17.5. The molecule has 2 nitrogen and oxygen atoms in total. The number of para-hydroxylation sites is 1. The molecule has 23 heavy (non-hydrogen) atoms. The van der Waals surface area contributed by atoms with Crippen LogP contribution < -0.4 is 4.74 Å². The molecule has 0 aromatic heterocycles. The molecule has 0 saturated carbocycles. The first-order chi connectivity index (χ1) is 11.1. The Morgan fingerprint density at radius 3 is 2.13 bits per heavy atom. The standard InChI is InChI=1S/C20H26O2Si/c1-3-15-20(23,18(4-2)16-11-7-5-8-12-16)19(21)22-17-13-9-6-10-14-17/h5-14,18H,3-4,15H2,1-2,23H3. The molecule has 2 aromatic rings. The van der Waals surface area contributed by atoms with Crippen molar-refractivity contribution in [2.45, 2.75) is 44.1 Å². The minimum absolute atomic E-state index is 0.0760. The van der Waals surface area contributed by atoms with Gasteiger partial charge in [0.05, 0.1) is 5.04 Å². The Labute approximate surface area is 142 Å². The van der Waals surface area contributed by atoms with Crippen LogP contribution >= 0.6 is 0 Å². The fraction of sp³-hybridized carbons (Fsp3) is 0.350. The van der Waals surface area contributed by atoms with Crippen molar-refractivity contribution in [3.05, 3.63) is 66.2 Å². The molecule has 0 amide bonds. The highest BCUT2D eigenvalue weighted by atomic mass is 28.1. The Hall–Kier alpha value is -1.87. The molecule has 0 aliphatic heterocycles. The van der Waals surface area contributed by atoms with Crippen molar-refractivity contribution >= 4 is 16.2 Å². The van der Waals surface area contributed by atoms with Crippen LogP contribution in [-0.2, 0) is 4.79 Å². The molecule has 0 aliphatic rings. The van der Waals surface area contributed by atoms with E-state index in [4.69, 9.17) is 4.74 Å². The number of carbonyl (C=O) groups is 1. The van der Waals surface area contributed by atoms with Crippen LogP contribution in [0.3, 0.4) is 0 Å². The van der Waals surface area contributed by atoms with Gasteiger partial charge in [-0.05, 0) is 36.5 Å². The molecule has 3 heteroatoms. The first-order valence-corrected chi connectivity index (χ1v) is 9.44. The van der Waals surface area contributed by atoms with Crippen LogP contribution in [0.5, 0.6) is 5.75 Å². The van der Waals surface area contributed by atoms with E-state index in [-0.39, 0.29) is 16.9 Å². The van der Waals surface area contributed by atoms with Gasteiger partial charge in [-0.2, -0.15) is 0 Å². The van der Waals surface area contributed by atoms with Gasteiger partial charge in [0.2, 0.25) is 0 Å². The van der Waals surface area contributed by atoms with Gasteiger partial charge in [0.15, 0.2) is 0 Å².